The molecule has 0 aliphatic rings. The molecule has 0 fully saturated rings. The number of phenolic OH excluding ortho intramolecular Hbond substituents is 3. The van der Waals surface area contributed by atoms with Crippen molar-refractivity contribution in [2.75, 3.05) is 6.54 Å². The highest BCUT2D eigenvalue weighted by atomic mass is 16.3. The Morgan fingerprint density at radius 1 is 1.05 bits per heavy atom. The molecule has 0 heterocycles. The number of allylic oxidation sites excluding steroid dienone is 1. The minimum absolute atomic E-state index is 0.0137. The first kappa shape index (κ1) is 15.6. The van der Waals surface area contributed by atoms with Crippen LogP contribution in [0.2, 0.25) is 0 Å². The Bertz CT molecular complexity index is 723. The molecule has 114 valence electrons. The van der Waals surface area contributed by atoms with Crippen LogP contribution in [0.1, 0.15) is 21.5 Å². The van der Waals surface area contributed by atoms with Gasteiger partial charge < -0.3 is 21.1 Å². The summed E-state index contributed by atoms with van der Waals surface area (Å²) in [5, 5.41) is 28.2. The van der Waals surface area contributed by atoms with E-state index in [1.54, 1.807) is 12.1 Å². The second-order valence-corrected chi connectivity index (χ2v) is 4.83. The molecule has 0 spiro atoms. The van der Waals surface area contributed by atoms with E-state index in [-0.39, 0.29) is 23.0 Å². The maximum Gasteiger partial charge on any atom is 0.186 e. The average Bonchev–Trinajstić information content (AvgIpc) is 2.50. The SMILES string of the molecule is NCCc1ccc(O)cc1C(=O)/C=C/c1ccc(O)c(O)c1. The van der Waals surface area contributed by atoms with Crippen LogP contribution in [0, 0.1) is 0 Å². The number of rotatable bonds is 5. The highest BCUT2D eigenvalue weighted by Crippen LogP contribution is 2.25. The van der Waals surface area contributed by atoms with E-state index in [2.05, 4.69) is 0 Å². The highest BCUT2D eigenvalue weighted by Gasteiger charge is 2.09. The molecule has 0 unspecified atom stereocenters. The molecule has 0 atom stereocenters. The van der Waals surface area contributed by atoms with Crippen molar-refractivity contribution in [3.8, 4) is 17.2 Å². The second kappa shape index (κ2) is 6.78. The Kier molecular flexibility index (Phi) is 4.80. The first-order chi connectivity index (χ1) is 10.5. The van der Waals surface area contributed by atoms with Crippen LogP contribution in [0.4, 0.5) is 0 Å². The van der Waals surface area contributed by atoms with Crippen molar-refractivity contribution in [2.45, 2.75) is 6.42 Å². The van der Waals surface area contributed by atoms with Crippen molar-refractivity contribution < 1.29 is 20.1 Å². The second-order valence-electron chi connectivity index (χ2n) is 4.83. The molecule has 0 aliphatic heterocycles. The maximum absolute atomic E-state index is 12.3. The Balaban J connectivity index is 2.26. The van der Waals surface area contributed by atoms with Crippen LogP contribution in [0.25, 0.3) is 6.08 Å². The maximum atomic E-state index is 12.3. The molecule has 0 amide bonds. The Morgan fingerprint density at radius 2 is 1.82 bits per heavy atom. The monoisotopic (exact) mass is 299 g/mol. The summed E-state index contributed by atoms with van der Waals surface area (Å²) < 4.78 is 0. The van der Waals surface area contributed by atoms with E-state index < -0.39 is 0 Å². The van der Waals surface area contributed by atoms with Gasteiger partial charge >= 0.3 is 0 Å². The number of phenols is 3. The van der Waals surface area contributed by atoms with Gasteiger partial charge in [0, 0.05) is 5.56 Å². The molecule has 0 bridgehead atoms. The molecule has 0 aromatic heterocycles. The largest absolute Gasteiger partial charge is 0.508 e. The molecule has 2 rings (SSSR count). The Morgan fingerprint density at radius 3 is 2.50 bits per heavy atom. The average molecular weight is 299 g/mol. The summed E-state index contributed by atoms with van der Waals surface area (Å²) in [7, 11) is 0. The summed E-state index contributed by atoms with van der Waals surface area (Å²) >= 11 is 0. The number of aromatic hydroxyl groups is 3. The van der Waals surface area contributed by atoms with Crippen molar-refractivity contribution >= 4 is 11.9 Å². The lowest BCUT2D eigenvalue weighted by Gasteiger charge is -2.06. The van der Waals surface area contributed by atoms with Crippen LogP contribution < -0.4 is 5.73 Å². The number of hydrogen-bond acceptors (Lipinski definition) is 5. The topological polar surface area (TPSA) is 104 Å². The minimum Gasteiger partial charge on any atom is -0.508 e. The zero-order valence-corrected chi connectivity index (χ0v) is 11.9. The van der Waals surface area contributed by atoms with E-state index in [0.29, 0.717) is 24.1 Å². The fraction of sp³-hybridized carbons (Fsp3) is 0.118. The van der Waals surface area contributed by atoms with Gasteiger partial charge in [0.25, 0.3) is 0 Å². The lowest BCUT2D eigenvalue weighted by molar-refractivity contribution is 0.104. The molecule has 5 nitrogen and oxygen atoms in total. The van der Waals surface area contributed by atoms with Crippen LogP contribution in [-0.2, 0) is 6.42 Å². The first-order valence-corrected chi connectivity index (χ1v) is 6.77. The van der Waals surface area contributed by atoms with E-state index in [0.717, 1.165) is 5.56 Å². The third-order valence-corrected chi connectivity index (χ3v) is 3.20. The standard InChI is InChI=1S/C17H17NO4/c18-8-7-12-3-4-13(19)10-14(12)15(20)5-1-11-2-6-16(21)17(22)9-11/h1-6,9-10,19,21-22H,7-8,18H2/b5-1+. The molecule has 0 radical (unpaired) electrons. The predicted molar refractivity (Wildman–Crippen MR) is 84.0 cm³/mol. The number of benzene rings is 2. The van der Waals surface area contributed by atoms with Crippen LogP contribution in [0.15, 0.2) is 42.5 Å². The third kappa shape index (κ3) is 3.65. The van der Waals surface area contributed by atoms with Crippen LogP contribution in [-0.4, -0.2) is 27.6 Å². The quantitative estimate of drug-likeness (QED) is 0.385. The van der Waals surface area contributed by atoms with Gasteiger partial charge in [0.05, 0.1) is 0 Å². The van der Waals surface area contributed by atoms with E-state index >= 15 is 0 Å². The van der Waals surface area contributed by atoms with Gasteiger partial charge in [-0.3, -0.25) is 4.79 Å². The summed E-state index contributed by atoms with van der Waals surface area (Å²) in [5.41, 5.74) is 7.25. The predicted octanol–water partition coefficient (Wildman–Crippen LogP) is 2.20. The molecule has 5 N–H and O–H groups in total. The molecule has 5 heteroatoms. The molecule has 22 heavy (non-hydrogen) atoms. The summed E-state index contributed by atoms with van der Waals surface area (Å²) in [6.45, 7) is 0.403. The van der Waals surface area contributed by atoms with Gasteiger partial charge in [-0.15, -0.1) is 0 Å². The minimum atomic E-state index is -0.271. The van der Waals surface area contributed by atoms with E-state index in [1.807, 2.05) is 0 Å². The number of carbonyl (C=O) groups is 1. The Labute approximate surface area is 128 Å². The lowest BCUT2D eigenvalue weighted by atomic mass is 9.99. The molecule has 2 aromatic carbocycles. The van der Waals surface area contributed by atoms with Crippen molar-refractivity contribution in [3.63, 3.8) is 0 Å². The smallest absolute Gasteiger partial charge is 0.186 e. The van der Waals surface area contributed by atoms with E-state index in [1.165, 1.54) is 36.4 Å². The van der Waals surface area contributed by atoms with Crippen LogP contribution in [0.5, 0.6) is 17.2 Å². The molecular formula is C17H17NO4. The number of ketones is 1. The van der Waals surface area contributed by atoms with Gasteiger partial charge in [0.15, 0.2) is 17.3 Å². The van der Waals surface area contributed by atoms with Crippen LogP contribution in [0.3, 0.4) is 0 Å². The van der Waals surface area contributed by atoms with Crippen molar-refractivity contribution in [1.82, 2.24) is 0 Å². The number of carbonyl (C=O) groups excluding carboxylic acids is 1. The molecule has 0 saturated carbocycles. The molecule has 2 aromatic rings. The summed E-state index contributed by atoms with van der Waals surface area (Å²) in [6.07, 6.45) is 3.41. The molecular weight excluding hydrogens is 282 g/mol. The van der Waals surface area contributed by atoms with Gasteiger partial charge in [-0.25, -0.2) is 0 Å². The lowest BCUT2D eigenvalue weighted by Crippen LogP contribution is -2.07. The van der Waals surface area contributed by atoms with Gasteiger partial charge in [-0.1, -0.05) is 18.2 Å². The van der Waals surface area contributed by atoms with Gasteiger partial charge in [-0.05, 0) is 54.4 Å². The van der Waals surface area contributed by atoms with Gasteiger partial charge in [0.2, 0.25) is 0 Å². The number of nitrogens with two attached hydrogens (primary N) is 1. The summed E-state index contributed by atoms with van der Waals surface area (Å²) in [6, 6.07) is 8.86. The number of hydrogen-bond donors (Lipinski definition) is 4. The van der Waals surface area contributed by atoms with Gasteiger partial charge in [0.1, 0.15) is 5.75 Å². The van der Waals surface area contributed by atoms with Crippen molar-refractivity contribution in [3.05, 3.63) is 59.2 Å². The van der Waals surface area contributed by atoms with Crippen LogP contribution >= 0.6 is 0 Å². The summed E-state index contributed by atoms with van der Waals surface area (Å²) in [5.74, 6) is -0.732. The van der Waals surface area contributed by atoms with E-state index in [4.69, 9.17) is 5.73 Å². The van der Waals surface area contributed by atoms with Crippen molar-refractivity contribution in [1.29, 1.82) is 0 Å². The third-order valence-electron chi connectivity index (χ3n) is 3.20. The fourth-order valence-corrected chi connectivity index (χ4v) is 2.07. The first-order valence-electron chi connectivity index (χ1n) is 6.77. The normalized spacial score (nSPS) is 11.0. The van der Waals surface area contributed by atoms with Gasteiger partial charge in [-0.2, -0.15) is 0 Å². The molecule has 0 aliphatic carbocycles. The zero-order valence-electron chi connectivity index (χ0n) is 11.9. The van der Waals surface area contributed by atoms with E-state index in [9.17, 15) is 20.1 Å². The zero-order chi connectivity index (χ0) is 16.1. The Hall–Kier alpha value is -2.79. The summed E-state index contributed by atoms with van der Waals surface area (Å²) in [4.78, 5) is 12.3. The van der Waals surface area contributed by atoms with Crippen molar-refractivity contribution in [2.24, 2.45) is 5.73 Å². The highest BCUT2D eigenvalue weighted by molar-refractivity contribution is 6.08. The molecule has 0 saturated heterocycles. The fourth-order valence-electron chi connectivity index (χ4n) is 2.07.